The van der Waals surface area contributed by atoms with Crippen molar-refractivity contribution in [2.24, 2.45) is 7.05 Å². The maximum atomic E-state index is 11.8. The standard InChI is InChI=1S/C16H15ClN2O2/c1-9-7-10(8-19(2)16(9)21)11-3-5-13-12(15(11)17)4-6-14(20)18-13/h3,5,7-8H,4,6H2,1-2H3,(H,18,20). The van der Waals surface area contributed by atoms with Gasteiger partial charge in [-0.3, -0.25) is 9.59 Å². The molecule has 1 N–H and O–H groups in total. The van der Waals surface area contributed by atoms with Crippen LogP contribution in [0.15, 0.2) is 29.2 Å². The fourth-order valence-electron chi connectivity index (χ4n) is 2.68. The van der Waals surface area contributed by atoms with Gasteiger partial charge in [0.2, 0.25) is 5.91 Å². The Morgan fingerprint density at radius 3 is 2.71 bits per heavy atom. The minimum atomic E-state index is -0.0138. The molecule has 1 aromatic carbocycles. The minimum absolute atomic E-state index is 0.0138. The van der Waals surface area contributed by atoms with Crippen LogP contribution in [0.25, 0.3) is 11.1 Å². The predicted molar refractivity (Wildman–Crippen MR) is 83.8 cm³/mol. The summed E-state index contributed by atoms with van der Waals surface area (Å²) in [4.78, 5) is 23.2. The average Bonchev–Trinajstić information content (AvgIpc) is 2.44. The molecule has 0 saturated carbocycles. The quantitative estimate of drug-likeness (QED) is 0.880. The van der Waals surface area contributed by atoms with Crippen LogP contribution in [0, 0.1) is 6.92 Å². The topological polar surface area (TPSA) is 51.1 Å². The number of anilines is 1. The first-order chi connectivity index (χ1) is 9.97. The first-order valence-electron chi connectivity index (χ1n) is 6.76. The van der Waals surface area contributed by atoms with Gasteiger partial charge in [0.15, 0.2) is 0 Å². The zero-order chi connectivity index (χ0) is 15.1. The maximum Gasteiger partial charge on any atom is 0.253 e. The molecule has 0 saturated heterocycles. The number of hydrogen-bond acceptors (Lipinski definition) is 2. The summed E-state index contributed by atoms with van der Waals surface area (Å²) >= 11 is 6.51. The highest BCUT2D eigenvalue weighted by atomic mass is 35.5. The number of benzene rings is 1. The van der Waals surface area contributed by atoms with Gasteiger partial charge in [0, 0.05) is 36.5 Å². The summed E-state index contributed by atoms with van der Waals surface area (Å²) < 4.78 is 1.56. The van der Waals surface area contributed by atoms with E-state index in [1.54, 1.807) is 24.7 Å². The summed E-state index contributed by atoms with van der Waals surface area (Å²) in [6.07, 6.45) is 2.87. The lowest BCUT2D eigenvalue weighted by molar-refractivity contribution is -0.116. The summed E-state index contributed by atoms with van der Waals surface area (Å²) in [7, 11) is 1.73. The molecule has 3 rings (SSSR count). The van der Waals surface area contributed by atoms with Gasteiger partial charge in [-0.1, -0.05) is 17.7 Å². The lowest BCUT2D eigenvalue weighted by atomic mass is 9.97. The molecular formula is C16H15ClN2O2. The van der Waals surface area contributed by atoms with Crippen molar-refractivity contribution in [3.8, 4) is 11.1 Å². The van der Waals surface area contributed by atoms with E-state index in [0.29, 0.717) is 23.4 Å². The average molecular weight is 303 g/mol. The predicted octanol–water partition coefficient (Wildman–Crippen LogP) is 2.90. The van der Waals surface area contributed by atoms with Crippen LogP contribution in [-0.2, 0) is 18.3 Å². The molecule has 4 nitrogen and oxygen atoms in total. The zero-order valence-corrected chi connectivity index (χ0v) is 12.6. The van der Waals surface area contributed by atoms with E-state index in [-0.39, 0.29) is 11.5 Å². The molecule has 0 radical (unpaired) electrons. The Morgan fingerprint density at radius 2 is 2.00 bits per heavy atom. The van der Waals surface area contributed by atoms with Crippen molar-refractivity contribution in [3.63, 3.8) is 0 Å². The van der Waals surface area contributed by atoms with Gasteiger partial charge in [-0.15, -0.1) is 0 Å². The van der Waals surface area contributed by atoms with Gasteiger partial charge in [0.05, 0.1) is 5.02 Å². The first-order valence-corrected chi connectivity index (χ1v) is 7.14. The highest BCUT2D eigenvalue weighted by molar-refractivity contribution is 6.34. The number of carbonyl (C=O) groups excluding carboxylic acids is 1. The van der Waals surface area contributed by atoms with Crippen LogP contribution in [0.1, 0.15) is 17.5 Å². The van der Waals surface area contributed by atoms with Crippen LogP contribution >= 0.6 is 11.6 Å². The molecule has 1 aliphatic heterocycles. The highest BCUT2D eigenvalue weighted by Crippen LogP contribution is 2.37. The van der Waals surface area contributed by atoms with E-state index in [1.165, 1.54) is 0 Å². The number of rotatable bonds is 1. The van der Waals surface area contributed by atoms with E-state index in [1.807, 2.05) is 18.2 Å². The van der Waals surface area contributed by atoms with Gasteiger partial charge < -0.3 is 9.88 Å². The van der Waals surface area contributed by atoms with Gasteiger partial charge in [-0.25, -0.2) is 0 Å². The van der Waals surface area contributed by atoms with Crippen molar-refractivity contribution in [1.29, 1.82) is 0 Å². The number of amides is 1. The van der Waals surface area contributed by atoms with Crippen molar-refractivity contribution in [3.05, 3.63) is 50.9 Å². The van der Waals surface area contributed by atoms with E-state index in [4.69, 9.17) is 11.6 Å². The Balaban J connectivity index is 2.16. The number of fused-ring (bicyclic) bond motifs is 1. The number of halogens is 1. The molecule has 0 atom stereocenters. The van der Waals surface area contributed by atoms with Crippen LogP contribution in [0.4, 0.5) is 5.69 Å². The fourth-order valence-corrected chi connectivity index (χ4v) is 3.05. The lowest BCUT2D eigenvalue weighted by Gasteiger charge is -2.20. The van der Waals surface area contributed by atoms with Crippen molar-refractivity contribution >= 4 is 23.2 Å². The number of pyridine rings is 1. The summed E-state index contributed by atoms with van der Waals surface area (Å²) in [6, 6.07) is 5.59. The second-order valence-electron chi connectivity index (χ2n) is 5.33. The Bertz CT molecular complexity index is 782. The fraction of sp³-hybridized carbons (Fsp3) is 0.250. The summed E-state index contributed by atoms with van der Waals surface area (Å²) in [6.45, 7) is 1.79. The Labute approximate surface area is 127 Å². The molecule has 0 aliphatic carbocycles. The maximum absolute atomic E-state index is 11.8. The second kappa shape index (κ2) is 5.04. The van der Waals surface area contributed by atoms with E-state index in [9.17, 15) is 9.59 Å². The smallest absolute Gasteiger partial charge is 0.253 e. The number of aromatic nitrogens is 1. The van der Waals surface area contributed by atoms with Crippen molar-refractivity contribution in [2.45, 2.75) is 19.8 Å². The third kappa shape index (κ3) is 2.36. The first kappa shape index (κ1) is 13.9. The third-order valence-electron chi connectivity index (χ3n) is 3.79. The molecule has 1 aromatic heterocycles. The number of aryl methyl sites for hydroxylation is 2. The number of nitrogens with zero attached hydrogens (tertiary/aromatic N) is 1. The summed E-state index contributed by atoms with van der Waals surface area (Å²) in [5.41, 5.74) is 4.18. The van der Waals surface area contributed by atoms with E-state index >= 15 is 0 Å². The number of nitrogens with one attached hydrogen (secondary N) is 1. The molecule has 2 aromatic rings. The van der Waals surface area contributed by atoms with E-state index in [2.05, 4.69) is 5.32 Å². The molecular weight excluding hydrogens is 288 g/mol. The van der Waals surface area contributed by atoms with Gasteiger partial charge in [-0.05, 0) is 36.6 Å². The highest BCUT2D eigenvalue weighted by Gasteiger charge is 2.20. The van der Waals surface area contributed by atoms with Crippen LogP contribution in [-0.4, -0.2) is 10.5 Å². The molecule has 0 spiro atoms. The third-order valence-corrected chi connectivity index (χ3v) is 4.22. The Hall–Kier alpha value is -2.07. The van der Waals surface area contributed by atoms with E-state index in [0.717, 1.165) is 22.4 Å². The SMILES string of the molecule is Cc1cc(-c2ccc3c(c2Cl)CCC(=O)N3)cn(C)c1=O. The molecule has 1 aliphatic rings. The Kier molecular flexibility index (Phi) is 3.33. The van der Waals surface area contributed by atoms with Gasteiger partial charge in [-0.2, -0.15) is 0 Å². The molecule has 0 fully saturated rings. The monoisotopic (exact) mass is 302 g/mol. The lowest BCUT2D eigenvalue weighted by Crippen LogP contribution is -2.20. The van der Waals surface area contributed by atoms with Crippen molar-refractivity contribution < 1.29 is 4.79 Å². The Morgan fingerprint density at radius 1 is 1.24 bits per heavy atom. The molecule has 2 heterocycles. The minimum Gasteiger partial charge on any atom is -0.326 e. The second-order valence-corrected chi connectivity index (χ2v) is 5.71. The molecule has 1 amide bonds. The summed E-state index contributed by atoms with van der Waals surface area (Å²) in [5, 5.41) is 3.48. The molecule has 108 valence electrons. The van der Waals surface area contributed by atoms with Gasteiger partial charge in [0.25, 0.3) is 5.56 Å². The number of hydrogen-bond donors (Lipinski definition) is 1. The largest absolute Gasteiger partial charge is 0.326 e. The van der Waals surface area contributed by atoms with Crippen LogP contribution < -0.4 is 10.9 Å². The van der Waals surface area contributed by atoms with Crippen molar-refractivity contribution in [2.75, 3.05) is 5.32 Å². The van der Waals surface area contributed by atoms with E-state index < -0.39 is 0 Å². The zero-order valence-electron chi connectivity index (χ0n) is 11.9. The van der Waals surface area contributed by atoms with Crippen LogP contribution in [0.2, 0.25) is 5.02 Å². The van der Waals surface area contributed by atoms with Crippen molar-refractivity contribution in [1.82, 2.24) is 4.57 Å². The summed E-state index contributed by atoms with van der Waals surface area (Å²) in [5.74, 6) is 0.0178. The van der Waals surface area contributed by atoms with Gasteiger partial charge in [0.1, 0.15) is 0 Å². The molecule has 21 heavy (non-hydrogen) atoms. The molecule has 0 unspecified atom stereocenters. The normalized spacial score (nSPS) is 13.8. The molecule has 5 heteroatoms. The van der Waals surface area contributed by atoms with Gasteiger partial charge >= 0.3 is 0 Å². The number of carbonyl (C=O) groups is 1. The van der Waals surface area contributed by atoms with Crippen LogP contribution in [0.5, 0.6) is 0 Å². The van der Waals surface area contributed by atoms with Crippen LogP contribution in [0.3, 0.4) is 0 Å². The molecule has 0 bridgehead atoms.